The molecule has 0 fully saturated rings. The van der Waals surface area contributed by atoms with Crippen molar-refractivity contribution < 1.29 is 4.43 Å². The lowest BCUT2D eigenvalue weighted by molar-refractivity contribution is 0.443. The minimum atomic E-state index is -2.37. The van der Waals surface area contributed by atoms with Gasteiger partial charge in [0.2, 0.25) is 0 Å². The summed E-state index contributed by atoms with van der Waals surface area (Å²) in [5.41, 5.74) is 0. The van der Waals surface area contributed by atoms with Gasteiger partial charge >= 0.3 is 8.32 Å². The molecule has 0 aliphatic carbocycles. The Balaban J connectivity index is 2.67. The number of hydrogen-bond donors (Lipinski definition) is 0. The maximum atomic E-state index is 6.57. The van der Waals surface area contributed by atoms with Crippen LogP contribution >= 0.6 is 0 Å². The summed E-state index contributed by atoms with van der Waals surface area (Å²) in [6, 6.07) is 21.4. The molecule has 0 unspecified atom stereocenters. The third-order valence-electron chi connectivity index (χ3n) is 3.99. The quantitative estimate of drug-likeness (QED) is 0.584. The zero-order valence-corrected chi connectivity index (χ0v) is 15.0. The van der Waals surface area contributed by atoms with Gasteiger partial charge in [0.25, 0.3) is 0 Å². The zero-order chi connectivity index (χ0) is 16.1. The molecule has 0 aromatic heterocycles. The second kappa shape index (κ2) is 6.97. The van der Waals surface area contributed by atoms with E-state index in [4.69, 9.17) is 4.43 Å². The predicted molar refractivity (Wildman–Crippen MR) is 98.1 cm³/mol. The Morgan fingerprint density at radius 2 is 1.32 bits per heavy atom. The van der Waals surface area contributed by atoms with Crippen LogP contribution in [0.3, 0.4) is 0 Å². The summed E-state index contributed by atoms with van der Waals surface area (Å²) in [5.74, 6) is 0. The van der Waals surface area contributed by atoms with E-state index < -0.39 is 8.32 Å². The standard InChI is InChI=1S/C20H26OSi/c1-5-6-17-21-22(20(2,3)4,18-13-9-7-10-14-18)19-15-11-8-12-16-19/h6-17H,5H2,1-4H3. The number of allylic oxidation sites excluding steroid dienone is 1. The van der Waals surface area contributed by atoms with Crippen LogP contribution < -0.4 is 10.4 Å². The van der Waals surface area contributed by atoms with E-state index in [0.29, 0.717) is 0 Å². The van der Waals surface area contributed by atoms with Crippen molar-refractivity contribution in [2.45, 2.75) is 39.2 Å². The Labute approximate surface area is 135 Å². The first-order chi connectivity index (χ1) is 10.5. The van der Waals surface area contributed by atoms with Gasteiger partial charge in [-0.25, -0.2) is 0 Å². The molecule has 0 bridgehead atoms. The molecule has 2 rings (SSSR count). The average Bonchev–Trinajstić information content (AvgIpc) is 2.52. The van der Waals surface area contributed by atoms with Crippen LogP contribution in [-0.2, 0) is 4.43 Å². The van der Waals surface area contributed by atoms with Crippen molar-refractivity contribution in [3.8, 4) is 0 Å². The Morgan fingerprint density at radius 1 is 0.864 bits per heavy atom. The SMILES string of the molecule is CCC=CO[Si](c1ccccc1)(c1ccccc1)C(C)(C)C. The van der Waals surface area contributed by atoms with Gasteiger partial charge in [-0.3, -0.25) is 0 Å². The zero-order valence-electron chi connectivity index (χ0n) is 14.0. The van der Waals surface area contributed by atoms with Crippen LogP contribution in [0.25, 0.3) is 0 Å². The summed E-state index contributed by atoms with van der Waals surface area (Å²) in [4.78, 5) is 0. The van der Waals surface area contributed by atoms with E-state index in [-0.39, 0.29) is 5.04 Å². The number of rotatable bonds is 5. The molecule has 0 aliphatic heterocycles. The molecule has 0 amide bonds. The molecule has 0 aliphatic rings. The van der Waals surface area contributed by atoms with Crippen LogP contribution in [0.5, 0.6) is 0 Å². The third-order valence-corrected chi connectivity index (χ3v) is 8.89. The van der Waals surface area contributed by atoms with Crippen molar-refractivity contribution in [1.29, 1.82) is 0 Å². The normalized spacial score (nSPS) is 12.5. The smallest absolute Gasteiger partial charge is 0.319 e. The Bertz CT molecular complexity index is 557. The highest BCUT2D eigenvalue weighted by atomic mass is 28.4. The molecule has 1 nitrogen and oxygen atoms in total. The minimum absolute atomic E-state index is 0.0355. The summed E-state index contributed by atoms with van der Waals surface area (Å²) in [5, 5.41) is 2.66. The van der Waals surface area contributed by atoms with Crippen molar-refractivity contribution in [1.82, 2.24) is 0 Å². The molecular formula is C20H26OSi. The van der Waals surface area contributed by atoms with E-state index in [0.717, 1.165) is 6.42 Å². The highest BCUT2D eigenvalue weighted by molar-refractivity contribution is 6.99. The second-order valence-corrected chi connectivity index (χ2v) is 10.8. The van der Waals surface area contributed by atoms with Gasteiger partial charge < -0.3 is 4.43 Å². The van der Waals surface area contributed by atoms with Crippen molar-refractivity contribution in [2.24, 2.45) is 0 Å². The van der Waals surface area contributed by atoms with Crippen molar-refractivity contribution in [3.63, 3.8) is 0 Å². The number of hydrogen-bond acceptors (Lipinski definition) is 1. The fourth-order valence-corrected chi connectivity index (χ4v) is 7.25. The van der Waals surface area contributed by atoms with Crippen LogP contribution in [0.2, 0.25) is 5.04 Å². The Morgan fingerprint density at radius 3 is 1.68 bits per heavy atom. The van der Waals surface area contributed by atoms with E-state index in [9.17, 15) is 0 Å². The monoisotopic (exact) mass is 310 g/mol. The van der Waals surface area contributed by atoms with Gasteiger partial charge in [-0.05, 0) is 21.8 Å². The molecule has 22 heavy (non-hydrogen) atoms. The van der Waals surface area contributed by atoms with Crippen LogP contribution in [0, 0.1) is 0 Å². The van der Waals surface area contributed by atoms with Gasteiger partial charge in [-0.15, -0.1) is 0 Å². The Hall–Kier alpha value is -1.80. The molecule has 0 N–H and O–H groups in total. The summed E-state index contributed by atoms with van der Waals surface area (Å²) in [7, 11) is -2.37. The lowest BCUT2D eigenvalue weighted by Crippen LogP contribution is -2.65. The summed E-state index contributed by atoms with van der Waals surface area (Å²) in [6.45, 7) is 9.00. The highest BCUT2D eigenvalue weighted by Gasteiger charge is 2.51. The van der Waals surface area contributed by atoms with Crippen molar-refractivity contribution in [3.05, 3.63) is 73.0 Å². The molecule has 0 spiro atoms. The van der Waals surface area contributed by atoms with Gasteiger partial charge in [0.05, 0.1) is 6.26 Å². The van der Waals surface area contributed by atoms with Gasteiger partial charge in [-0.1, -0.05) is 94.4 Å². The first-order valence-corrected chi connectivity index (χ1v) is 9.87. The summed E-state index contributed by atoms with van der Waals surface area (Å²) >= 11 is 0. The first-order valence-electron chi connectivity index (χ1n) is 7.96. The first kappa shape index (κ1) is 16.6. The van der Waals surface area contributed by atoms with E-state index in [2.05, 4.69) is 94.4 Å². The minimum Gasteiger partial charge on any atom is -0.540 e. The van der Waals surface area contributed by atoms with Crippen LogP contribution in [0.15, 0.2) is 73.0 Å². The molecule has 0 saturated carbocycles. The lowest BCUT2D eigenvalue weighted by Gasteiger charge is -2.41. The Kier molecular flexibility index (Phi) is 5.25. The van der Waals surface area contributed by atoms with Crippen LogP contribution in [0.4, 0.5) is 0 Å². The highest BCUT2D eigenvalue weighted by Crippen LogP contribution is 2.36. The molecule has 0 atom stereocenters. The maximum Gasteiger partial charge on any atom is 0.319 e. The van der Waals surface area contributed by atoms with Crippen LogP contribution in [0.1, 0.15) is 34.1 Å². The maximum absolute atomic E-state index is 6.57. The number of benzene rings is 2. The van der Waals surface area contributed by atoms with Gasteiger partial charge in [-0.2, -0.15) is 0 Å². The molecule has 2 aromatic carbocycles. The van der Waals surface area contributed by atoms with E-state index in [1.165, 1.54) is 10.4 Å². The summed E-state index contributed by atoms with van der Waals surface area (Å²) in [6.07, 6.45) is 5.00. The molecule has 0 radical (unpaired) electrons. The van der Waals surface area contributed by atoms with E-state index in [1.807, 2.05) is 6.26 Å². The average molecular weight is 311 g/mol. The topological polar surface area (TPSA) is 9.23 Å². The summed E-state index contributed by atoms with van der Waals surface area (Å²) < 4.78 is 6.57. The van der Waals surface area contributed by atoms with E-state index in [1.54, 1.807) is 0 Å². The molecule has 0 saturated heterocycles. The van der Waals surface area contributed by atoms with Gasteiger partial charge in [0.15, 0.2) is 0 Å². The van der Waals surface area contributed by atoms with Gasteiger partial charge in [0, 0.05) is 0 Å². The van der Waals surface area contributed by atoms with Crippen LogP contribution in [-0.4, -0.2) is 8.32 Å². The lowest BCUT2D eigenvalue weighted by atomic mass is 10.2. The third kappa shape index (κ3) is 3.17. The molecule has 2 heteroatoms. The largest absolute Gasteiger partial charge is 0.540 e. The second-order valence-electron chi connectivity index (χ2n) is 6.56. The fourth-order valence-electron chi connectivity index (χ4n) is 2.94. The molecule has 2 aromatic rings. The van der Waals surface area contributed by atoms with E-state index >= 15 is 0 Å². The fraction of sp³-hybridized carbons (Fsp3) is 0.300. The van der Waals surface area contributed by atoms with Crippen molar-refractivity contribution in [2.75, 3.05) is 0 Å². The molecular weight excluding hydrogens is 284 g/mol. The molecule has 0 heterocycles. The van der Waals surface area contributed by atoms with Crippen molar-refractivity contribution >= 4 is 18.7 Å². The van der Waals surface area contributed by atoms with Gasteiger partial charge in [0.1, 0.15) is 0 Å². The predicted octanol–water partition coefficient (Wildman–Crippen LogP) is 4.49. The molecule has 116 valence electrons.